The molecule has 1 aliphatic rings. The number of nitrogens with zero attached hydrogens (tertiary/aromatic N) is 2. The zero-order valence-corrected chi connectivity index (χ0v) is 22.0. The maximum atomic E-state index is 12.6. The van der Waals surface area contributed by atoms with E-state index in [-0.39, 0.29) is 17.9 Å². The van der Waals surface area contributed by atoms with Gasteiger partial charge in [0.05, 0.1) is 11.5 Å². The molecule has 6 heteroatoms. The SMILES string of the molecule is CCCCCCc1cnc(OC(=O)c2ccc(OC(=O)C3CCC(CCCCCC)CC3)cc2)nc1. The van der Waals surface area contributed by atoms with Crippen LogP contribution in [0.3, 0.4) is 0 Å². The van der Waals surface area contributed by atoms with Crippen molar-refractivity contribution >= 4 is 11.9 Å². The molecule has 0 amide bonds. The monoisotopic (exact) mass is 494 g/mol. The molecule has 0 N–H and O–H groups in total. The summed E-state index contributed by atoms with van der Waals surface area (Å²) >= 11 is 0. The van der Waals surface area contributed by atoms with Crippen LogP contribution in [-0.4, -0.2) is 21.9 Å². The molecule has 0 spiro atoms. The fourth-order valence-corrected chi connectivity index (χ4v) is 4.83. The van der Waals surface area contributed by atoms with Gasteiger partial charge in [0.2, 0.25) is 0 Å². The number of aromatic nitrogens is 2. The summed E-state index contributed by atoms with van der Waals surface area (Å²) in [6.45, 7) is 4.43. The lowest BCUT2D eigenvalue weighted by atomic mass is 9.80. The van der Waals surface area contributed by atoms with Crippen LogP contribution in [0.15, 0.2) is 36.7 Å². The Balaban J connectivity index is 1.40. The highest BCUT2D eigenvalue weighted by Crippen LogP contribution is 2.33. The van der Waals surface area contributed by atoms with Gasteiger partial charge in [-0.1, -0.05) is 65.2 Å². The van der Waals surface area contributed by atoms with Gasteiger partial charge in [0.1, 0.15) is 5.75 Å². The Hall–Kier alpha value is -2.76. The number of hydrogen-bond acceptors (Lipinski definition) is 6. The van der Waals surface area contributed by atoms with Gasteiger partial charge >= 0.3 is 17.9 Å². The molecule has 36 heavy (non-hydrogen) atoms. The number of unbranched alkanes of at least 4 members (excludes halogenated alkanes) is 6. The zero-order chi connectivity index (χ0) is 25.6. The molecule has 1 saturated carbocycles. The van der Waals surface area contributed by atoms with Crippen LogP contribution in [0.25, 0.3) is 0 Å². The van der Waals surface area contributed by atoms with E-state index in [0.717, 1.165) is 50.0 Å². The van der Waals surface area contributed by atoms with E-state index >= 15 is 0 Å². The molecule has 1 fully saturated rings. The van der Waals surface area contributed by atoms with Crippen LogP contribution in [0.1, 0.15) is 113 Å². The lowest BCUT2D eigenvalue weighted by Gasteiger charge is -2.27. The molecule has 0 saturated heterocycles. The van der Waals surface area contributed by atoms with Gasteiger partial charge in [-0.15, -0.1) is 0 Å². The molecule has 0 bridgehead atoms. The van der Waals surface area contributed by atoms with Gasteiger partial charge in [0, 0.05) is 12.4 Å². The lowest BCUT2D eigenvalue weighted by molar-refractivity contribution is -0.140. The molecule has 0 aliphatic heterocycles. The van der Waals surface area contributed by atoms with E-state index in [2.05, 4.69) is 23.8 Å². The van der Waals surface area contributed by atoms with Crippen molar-refractivity contribution < 1.29 is 19.1 Å². The van der Waals surface area contributed by atoms with Crippen molar-refractivity contribution in [1.29, 1.82) is 0 Å². The van der Waals surface area contributed by atoms with E-state index in [9.17, 15) is 9.59 Å². The predicted octanol–water partition coefficient (Wildman–Crippen LogP) is 7.50. The van der Waals surface area contributed by atoms with E-state index in [1.165, 1.54) is 51.4 Å². The van der Waals surface area contributed by atoms with E-state index in [1.807, 2.05) is 0 Å². The number of esters is 2. The van der Waals surface area contributed by atoms with Gasteiger partial charge in [-0.2, -0.15) is 0 Å². The van der Waals surface area contributed by atoms with Crippen molar-refractivity contribution in [3.63, 3.8) is 0 Å². The van der Waals surface area contributed by atoms with Crippen LogP contribution in [0.5, 0.6) is 11.8 Å². The average Bonchev–Trinajstić information content (AvgIpc) is 2.91. The Labute approximate surface area is 216 Å². The molecule has 0 unspecified atom stereocenters. The Morgan fingerprint density at radius 2 is 1.44 bits per heavy atom. The molecule has 0 radical (unpaired) electrons. The summed E-state index contributed by atoms with van der Waals surface area (Å²) < 4.78 is 10.9. The highest BCUT2D eigenvalue weighted by Gasteiger charge is 2.27. The van der Waals surface area contributed by atoms with Crippen LogP contribution in [0.4, 0.5) is 0 Å². The van der Waals surface area contributed by atoms with Crippen molar-refractivity contribution in [3.8, 4) is 11.8 Å². The highest BCUT2D eigenvalue weighted by atomic mass is 16.5. The number of rotatable bonds is 14. The molecule has 0 atom stereocenters. The molecular formula is C30H42N2O4. The molecule has 1 heterocycles. The molecule has 196 valence electrons. The van der Waals surface area contributed by atoms with Crippen molar-refractivity contribution in [1.82, 2.24) is 9.97 Å². The smallest absolute Gasteiger partial charge is 0.345 e. The summed E-state index contributed by atoms with van der Waals surface area (Å²) in [6.07, 6.45) is 19.6. The van der Waals surface area contributed by atoms with Crippen LogP contribution in [0, 0.1) is 11.8 Å². The summed E-state index contributed by atoms with van der Waals surface area (Å²) in [5.41, 5.74) is 1.39. The summed E-state index contributed by atoms with van der Waals surface area (Å²) in [6, 6.07) is 6.50. The van der Waals surface area contributed by atoms with Crippen LogP contribution in [0.2, 0.25) is 0 Å². The molecule has 3 rings (SSSR count). The first-order chi connectivity index (χ1) is 17.6. The van der Waals surface area contributed by atoms with Gasteiger partial charge < -0.3 is 9.47 Å². The third kappa shape index (κ3) is 9.36. The van der Waals surface area contributed by atoms with Gasteiger partial charge in [-0.3, -0.25) is 4.79 Å². The average molecular weight is 495 g/mol. The number of carbonyl (C=O) groups is 2. The van der Waals surface area contributed by atoms with Crippen LogP contribution >= 0.6 is 0 Å². The molecule has 6 nitrogen and oxygen atoms in total. The second kappa shape index (κ2) is 15.4. The first-order valence-corrected chi connectivity index (χ1v) is 13.9. The van der Waals surface area contributed by atoms with Gasteiger partial charge in [0.25, 0.3) is 0 Å². The Morgan fingerprint density at radius 3 is 2.08 bits per heavy atom. The van der Waals surface area contributed by atoms with Gasteiger partial charge in [0.15, 0.2) is 0 Å². The minimum Gasteiger partial charge on any atom is -0.426 e. The minimum absolute atomic E-state index is 0.0340. The molecule has 1 aliphatic carbocycles. The van der Waals surface area contributed by atoms with Crippen molar-refractivity contribution in [2.45, 2.75) is 104 Å². The normalized spacial score (nSPS) is 17.5. The lowest BCUT2D eigenvalue weighted by Crippen LogP contribution is -2.25. The van der Waals surface area contributed by atoms with Crippen molar-refractivity contribution in [2.24, 2.45) is 11.8 Å². The number of hydrogen-bond donors (Lipinski definition) is 0. The number of benzene rings is 1. The first-order valence-electron chi connectivity index (χ1n) is 13.9. The maximum absolute atomic E-state index is 12.6. The maximum Gasteiger partial charge on any atom is 0.345 e. The summed E-state index contributed by atoms with van der Waals surface area (Å²) in [5.74, 6) is 0.455. The summed E-state index contributed by atoms with van der Waals surface area (Å²) in [7, 11) is 0. The van der Waals surface area contributed by atoms with Crippen molar-refractivity contribution in [3.05, 3.63) is 47.8 Å². The zero-order valence-electron chi connectivity index (χ0n) is 22.0. The summed E-state index contributed by atoms with van der Waals surface area (Å²) in [4.78, 5) is 33.4. The second-order valence-electron chi connectivity index (χ2n) is 10.1. The standard InChI is InChI=1S/C30H42N2O4/c1-3-5-7-9-11-23-13-15-25(16-14-23)28(33)35-27-19-17-26(18-20-27)29(34)36-30-31-21-24(22-32-30)12-10-8-6-4-2/h17-23,25H,3-16H2,1-2H3. The van der Waals surface area contributed by atoms with Crippen molar-refractivity contribution in [2.75, 3.05) is 0 Å². The van der Waals surface area contributed by atoms with E-state index in [1.54, 1.807) is 36.7 Å². The first kappa shape index (κ1) is 27.8. The fraction of sp³-hybridized carbons (Fsp3) is 0.600. The van der Waals surface area contributed by atoms with Gasteiger partial charge in [-0.25, -0.2) is 14.8 Å². The number of carbonyl (C=O) groups excluding carboxylic acids is 2. The third-order valence-corrected chi connectivity index (χ3v) is 7.14. The van der Waals surface area contributed by atoms with Crippen LogP contribution < -0.4 is 9.47 Å². The summed E-state index contributed by atoms with van der Waals surface area (Å²) in [5, 5.41) is 0. The van der Waals surface area contributed by atoms with E-state index in [0.29, 0.717) is 11.3 Å². The minimum atomic E-state index is -0.541. The largest absolute Gasteiger partial charge is 0.426 e. The topological polar surface area (TPSA) is 78.4 Å². The van der Waals surface area contributed by atoms with E-state index < -0.39 is 5.97 Å². The highest BCUT2D eigenvalue weighted by molar-refractivity contribution is 5.90. The number of aryl methyl sites for hydroxylation is 1. The number of ether oxygens (including phenoxy) is 2. The fourth-order valence-electron chi connectivity index (χ4n) is 4.83. The van der Waals surface area contributed by atoms with Gasteiger partial charge in [-0.05, 0) is 74.3 Å². The molecule has 1 aromatic heterocycles. The quantitative estimate of drug-likeness (QED) is 0.154. The molecule has 2 aromatic rings. The Kier molecular flexibility index (Phi) is 11.9. The Bertz CT molecular complexity index is 919. The second-order valence-corrected chi connectivity index (χ2v) is 10.1. The van der Waals surface area contributed by atoms with E-state index in [4.69, 9.17) is 9.47 Å². The third-order valence-electron chi connectivity index (χ3n) is 7.14. The predicted molar refractivity (Wildman–Crippen MR) is 141 cm³/mol. The molecular weight excluding hydrogens is 452 g/mol. The van der Waals surface area contributed by atoms with Crippen LogP contribution in [-0.2, 0) is 11.2 Å². The Morgan fingerprint density at radius 1 is 0.806 bits per heavy atom. The molecule has 1 aromatic carbocycles.